The zero-order chi connectivity index (χ0) is 20.8. The molecule has 1 heterocycles. The number of anilines is 1. The van der Waals surface area contributed by atoms with Gasteiger partial charge in [-0.25, -0.2) is 4.39 Å². The topological polar surface area (TPSA) is 37.4 Å². The molecule has 0 saturated carbocycles. The molecule has 29 heavy (non-hydrogen) atoms. The molecule has 4 rings (SSSR count). The van der Waals surface area contributed by atoms with Gasteiger partial charge < -0.3 is 0 Å². The number of allylic oxidation sites excluding steroid dienone is 2. The first kappa shape index (κ1) is 19.6. The van der Waals surface area contributed by atoms with Gasteiger partial charge in [0.2, 0.25) is 5.91 Å². The van der Waals surface area contributed by atoms with Gasteiger partial charge in [-0.15, -0.1) is 0 Å². The van der Waals surface area contributed by atoms with Crippen LogP contribution in [0.15, 0.2) is 59.8 Å². The zero-order valence-electron chi connectivity index (χ0n) is 17.2. The second kappa shape index (κ2) is 7.25. The SMILES string of the molecule is CCc1ccccc1N1C(=O)CC(c2ccccc2F)C2=C1CC(C)(C)CC2=O. The van der Waals surface area contributed by atoms with Crippen LogP contribution in [0.4, 0.5) is 10.1 Å². The summed E-state index contributed by atoms with van der Waals surface area (Å²) in [6.45, 7) is 6.16. The summed E-state index contributed by atoms with van der Waals surface area (Å²) >= 11 is 0. The third-order valence-electron chi connectivity index (χ3n) is 6.04. The van der Waals surface area contributed by atoms with E-state index >= 15 is 0 Å². The van der Waals surface area contributed by atoms with Gasteiger partial charge in [-0.05, 0) is 41.5 Å². The van der Waals surface area contributed by atoms with E-state index in [1.54, 1.807) is 23.1 Å². The molecule has 2 aromatic carbocycles. The van der Waals surface area contributed by atoms with Crippen molar-refractivity contribution in [3.8, 4) is 0 Å². The van der Waals surface area contributed by atoms with Gasteiger partial charge >= 0.3 is 0 Å². The largest absolute Gasteiger partial charge is 0.294 e. The molecule has 0 aromatic heterocycles. The van der Waals surface area contributed by atoms with Gasteiger partial charge in [-0.1, -0.05) is 57.2 Å². The third kappa shape index (κ3) is 3.41. The van der Waals surface area contributed by atoms with Crippen molar-refractivity contribution in [2.75, 3.05) is 4.90 Å². The van der Waals surface area contributed by atoms with Gasteiger partial charge in [0.1, 0.15) is 5.82 Å². The van der Waals surface area contributed by atoms with Crippen LogP contribution in [-0.4, -0.2) is 11.7 Å². The van der Waals surface area contributed by atoms with E-state index in [4.69, 9.17) is 0 Å². The van der Waals surface area contributed by atoms with E-state index in [1.165, 1.54) is 6.07 Å². The molecule has 0 bridgehead atoms. The highest BCUT2D eigenvalue weighted by atomic mass is 19.1. The van der Waals surface area contributed by atoms with E-state index < -0.39 is 5.92 Å². The molecule has 2 aromatic rings. The van der Waals surface area contributed by atoms with Crippen molar-refractivity contribution in [3.05, 3.63) is 76.7 Å². The van der Waals surface area contributed by atoms with Crippen molar-refractivity contribution in [3.63, 3.8) is 0 Å². The Hall–Kier alpha value is -2.75. The number of carbonyl (C=O) groups is 2. The normalized spacial score (nSPS) is 21.4. The van der Waals surface area contributed by atoms with Crippen LogP contribution in [0.5, 0.6) is 0 Å². The van der Waals surface area contributed by atoms with Crippen molar-refractivity contribution in [1.82, 2.24) is 0 Å². The fourth-order valence-corrected chi connectivity index (χ4v) is 4.75. The van der Waals surface area contributed by atoms with Gasteiger partial charge in [0.05, 0.1) is 5.69 Å². The fraction of sp³-hybridized carbons (Fsp3) is 0.360. The average molecular weight is 391 g/mol. The molecule has 1 aliphatic carbocycles. The smallest absolute Gasteiger partial charge is 0.232 e. The molecule has 4 heteroatoms. The highest BCUT2D eigenvalue weighted by Gasteiger charge is 2.45. The number of rotatable bonds is 3. The summed E-state index contributed by atoms with van der Waals surface area (Å²) in [4.78, 5) is 28.4. The number of para-hydroxylation sites is 1. The van der Waals surface area contributed by atoms with Crippen LogP contribution in [0.25, 0.3) is 0 Å². The Morgan fingerprint density at radius 1 is 1.03 bits per heavy atom. The number of Topliss-reactive ketones (excluding diaryl/α,β-unsaturated/α-hetero) is 1. The number of nitrogens with zero attached hydrogens (tertiary/aromatic N) is 1. The summed E-state index contributed by atoms with van der Waals surface area (Å²) in [7, 11) is 0. The lowest BCUT2D eigenvalue weighted by Gasteiger charge is -2.43. The van der Waals surface area contributed by atoms with Gasteiger partial charge in [0.15, 0.2) is 5.78 Å². The van der Waals surface area contributed by atoms with E-state index in [0.29, 0.717) is 24.0 Å². The number of amides is 1. The summed E-state index contributed by atoms with van der Waals surface area (Å²) in [6.07, 6.45) is 1.91. The zero-order valence-corrected chi connectivity index (χ0v) is 17.2. The lowest BCUT2D eigenvalue weighted by Crippen LogP contribution is -2.44. The van der Waals surface area contributed by atoms with Gasteiger partial charge in [0, 0.05) is 30.0 Å². The minimum Gasteiger partial charge on any atom is -0.294 e. The quantitative estimate of drug-likeness (QED) is 0.688. The molecule has 1 unspecified atom stereocenters. The van der Waals surface area contributed by atoms with Crippen LogP contribution in [0, 0.1) is 11.2 Å². The molecular weight excluding hydrogens is 365 g/mol. The van der Waals surface area contributed by atoms with Crippen molar-refractivity contribution < 1.29 is 14.0 Å². The van der Waals surface area contributed by atoms with E-state index in [-0.39, 0.29) is 29.3 Å². The number of carbonyl (C=O) groups excluding carboxylic acids is 2. The van der Waals surface area contributed by atoms with Crippen LogP contribution < -0.4 is 4.90 Å². The van der Waals surface area contributed by atoms with E-state index in [2.05, 4.69) is 20.8 Å². The molecule has 0 spiro atoms. The average Bonchev–Trinajstić information content (AvgIpc) is 2.67. The van der Waals surface area contributed by atoms with Crippen LogP contribution >= 0.6 is 0 Å². The first-order chi connectivity index (χ1) is 13.8. The Balaban J connectivity index is 1.94. The summed E-state index contributed by atoms with van der Waals surface area (Å²) in [6, 6.07) is 14.3. The summed E-state index contributed by atoms with van der Waals surface area (Å²) in [5.41, 5.74) is 3.45. The summed E-state index contributed by atoms with van der Waals surface area (Å²) < 4.78 is 14.6. The third-order valence-corrected chi connectivity index (χ3v) is 6.04. The number of ketones is 1. The lowest BCUT2D eigenvalue weighted by atomic mass is 9.69. The first-order valence-corrected chi connectivity index (χ1v) is 10.2. The Labute approximate surface area is 171 Å². The first-order valence-electron chi connectivity index (χ1n) is 10.2. The molecule has 150 valence electrons. The van der Waals surface area contributed by atoms with Gasteiger partial charge in [-0.2, -0.15) is 0 Å². The predicted octanol–water partition coefficient (Wildman–Crippen LogP) is 5.55. The van der Waals surface area contributed by atoms with Crippen molar-refractivity contribution in [2.24, 2.45) is 5.41 Å². The molecular formula is C25H26FNO2. The highest BCUT2D eigenvalue weighted by Crippen LogP contribution is 2.48. The molecule has 0 radical (unpaired) electrons. The minimum atomic E-state index is -0.521. The number of hydrogen-bond acceptors (Lipinski definition) is 2. The Morgan fingerprint density at radius 2 is 1.72 bits per heavy atom. The molecule has 3 nitrogen and oxygen atoms in total. The molecule has 0 saturated heterocycles. The second-order valence-corrected chi connectivity index (χ2v) is 8.79. The Morgan fingerprint density at radius 3 is 2.45 bits per heavy atom. The molecule has 0 N–H and O–H groups in total. The molecule has 0 fully saturated rings. The van der Waals surface area contributed by atoms with Crippen molar-refractivity contribution in [1.29, 1.82) is 0 Å². The van der Waals surface area contributed by atoms with E-state index in [1.807, 2.05) is 24.3 Å². The van der Waals surface area contributed by atoms with Crippen LogP contribution in [-0.2, 0) is 16.0 Å². The monoisotopic (exact) mass is 391 g/mol. The highest BCUT2D eigenvalue weighted by molar-refractivity contribution is 6.08. The van der Waals surface area contributed by atoms with Gasteiger partial charge in [-0.3, -0.25) is 14.5 Å². The minimum absolute atomic E-state index is 0.0241. The number of aryl methyl sites for hydroxylation is 1. The molecule has 1 atom stereocenters. The number of benzene rings is 2. The second-order valence-electron chi connectivity index (χ2n) is 8.79. The van der Waals surface area contributed by atoms with Crippen LogP contribution in [0.1, 0.15) is 57.1 Å². The fourth-order valence-electron chi connectivity index (χ4n) is 4.75. The standard InChI is InChI=1S/C25H26FNO2/c1-4-16-9-5-8-12-20(16)27-21-14-25(2,3)15-22(28)24(21)18(13-23(27)29)17-10-6-7-11-19(17)26/h5-12,18H,4,13-15H2,1-3H3. The van der Waals surface area contributed by atoms with Crippen molar-refractivity contribution in [2.45, 2.75) is 52.4 Å². The molecule has 1 aliphatic heterocycles. The van der Waals surface area contributed by atoms with Gasteiger partial charge in [0.25, 0.3) is 0 Å². The molecule has 2 aliphatic rings. The Kier molecular flexibility index (Phi) is 4.89. The summed E-state index contributed by atoms with van der Waals surface area (Å²) in [5, 5.41) is 0. The van der Waals surface area contributed by atoms with E-state index in [0.717, 1.165) is 23.4 Å². The maximum Gasteiger partial charge on any atom is 0.232 e. The Bertz CT molecular complexity index is 1020. The molecule has 1 amide bonds. The van der Waals surface area contributed by atoms with Crippen LogP contribution in [0.3, 0.4) is 0 Å². The number of hydrogen-bond donors (Lipinski definition) is 0. The van der Waals surface area contributed by atoms with E-state index in [9.17, 15) is 14.0 Å². The van der Waals surface area contributed by atoms with Crippen LogP contribution in [0.2, 0.25) is 0 Å². The maximum absolute atomic E-state index is 14.6. The maximum atomic E-state index is 14.6. The van der Waals surface area contributed by atoms with Crippen molar-refractivity contribution >= 4 is 17.4 Å². The number of halogens is 1. The predicted molar refractivity (Wildman–Crippen MR) is 112 cm³/mol. The summed E-state index contributed by atoms with van der Waals surface area (Å²) in [5.74, 6) is -0.941. The lowest BCUT2D eigenvalue weighted by molar-refractivity contribution is -0.121.